The molecule has 27 heavy (non-hydrogen) atoms. The Balaban J connectivity index is 2.31. The molecule has 2 aromatic carbocycles. The molecule has 0 fully saturated rings. The fourth-order valence-electron chi connectivity index (χ4n) is 2.44. The van der Waals surface area contributed by atoms with Crippen molar-refractivity contribution in [2.24, 2.45) is 0 Å². The highest BCUT2D eigenvalue weighted by Crippen LogP contribution is 2.31. The minimum Gasteiger partial charge on any atom is -0.324 e. The summed E-state index contributed by atoms with van der Waals surface area (Å²) in [5.74, 6) is -1.57. The van der Waals surface area contributed by atoms with E-state index in [1.54, 1.807) is 0 Å². The van der Waals surface area contributed by atoms with E-state index in [0.717, 1.165) is 36.6 Å². The Morgan fingerprint density at radius 1 is 1.11 bits per heavy atom. The third kappa shape index (κ3) is 5.19. The summed E-state index contributed by atoms with van der Waals surface area (Å²) >= 11 is 0. The van der Waals surface area contributed by atoms with Crippen LogP contribution in [0.1, 0.15) is 12.5 Å². The predicted octanol–water partition coefficient (Wildman–Crippen LogP) is 3.64. The molecule has 1 atom stereocenters. The Hall–Kier alpha value is -2.62. The SMILES string of the molecule is C[C@H](C(=O)Nc1cccc(C(F)(F)F)c1)N(c1cccc(F)c1)S(C)(=O)=O. The maximum Gasteiger partial charge on any atom is 0.416 e. The van der Waals surface area contributed by atoms with E-state index in [0.29, 0.717) is 4.31 Å². The smallest absolute Gasteiger partial charge is 0.324 e. The number of carbonyl (C=O) groups is 1. The van der Waals surface area contributed by atoms with E-state index < -0.39 is 39.5 Å². The van der Waals surface area contributed by atoms with Crippen molar-refractivity contribution in [3.8, 4) is 0 Å². The largest absolute Gasteiger partial charge is 0.416 e. The molecule has 0 unspecified atom stereocenters. The maximum atomic E-state index is 13.5. The van der Waals surface area contributed by atoms with E-state index in [4.69, 9.17) is 0 Å². The van der Waals surface area contributed by atoms with E-state index in [1.165, 1.54) is 25.1 Å². The molecular formula is C17H16F4N2O3S. The molecule has 0 aliphatic carbocycles. The van der Waals surface area contributed by atoms with Gasteiger partial charge >= 0.3 is 6.18 Å². The van der Waals surface area contributed by atoms with Crippen molar-refractivity contribution in [3.63, 3.8) is 0 Å². The number of anilines is 2. The van der Waals surface area contributed by atoms with Gasteiger partial charge in [-0.1, -0.05) is 12.1 Å². The van der Waals surface area contributed by atoms with Gasteiger partial charge in [-0.3, -0.25) is 9.10 Å². The zero-order valence-electron chi connectivity index (χ0n) is 14.3. The van der Waals surface area contributed by atoms with Crippen LogP contribution in [-0.4, -0.2) is 26.6 Å². The molecule has 0 aromatic heterocycles. The fourth-order valence-corrected chi connectivity index (χ4v) is 3.61. The van der Waals surface area contributed by atoms with Gasteiger partial charge in [0, 0.05) is 5.69 Å². The van der Waals surface area contributed by atoms with Crippen LogP contribution in [0.2, 0.25) is 0 Å². The van der Waals surface area contributed by atoms with Crippen molar-refractivity contribution >= 4 is 27.3 Å². The number of nitrogens with zero attached hydrogens (tertiary/aromatic N) is 1. The lowest BCUT2D eigenvalue weighted by atomic mass is 10.2. The molecule has 2 aromatic rings. The molecule has 2 rings (SSSR count). The normalized spacial score (nSPS) is 13.1. The van der Waals surface area contributed by atoms with E-state index in [9.17, 15) is 30.8 Å². The lowest BCUT2D eigenvalue weighted by Crippen LogP contribution is -2.45. The average molecular weight is 404 g/mol. The van der Waals surface area contributed by atoms with Crippen LogP contribution in [0.25, 0.3) is 0 Å². The van der Waals surface area contributed by atoms with Crippen LogP contribution >= 0.6 is 0 Å². The molecule has 0 radical (unpaired) electrons. The zero-order valence-corrected chi connectivity index (χ0v) is 15.1. The first-order valence-corrected chi connectivity index (χ1v) is 9.47. The Morgan fingerprint density at radius 2 is 1.74 bits per heavy atom. The topological polar surface area (TPSA) is 66.5 Å². The van der Waals surface area contributed by atoms with Crippen molar-refractivity contribution in [2.45, 2.75) is 19.1 Å². The summed E-state index contributed by atoms with van der Waals surface area (Å²) in [6, 6.07) is 7.23. The van der Waals surface area contributed by atoms with Crippen molar-refractivity contribution in [1.82, 2.24) is 0 Å². The van der Waals surface area contributed by atoms with Crippen LogP contribution in [0.15, 0.2) is 48.5 Å². The number of amides is 1. The van der Waals surface area contributed by atoms with Crippen molar-refractivity contribution < 1.29 is 30.8 Å². The first-order chi connectivity index (χ1) is 12.4. The van der Waals surface area contributed by atoms with Gasteiger partial charge in [0.15, 0.2) is 0 Å². The first kappa shape index (κ1) is 20.7. The van der Waals surface area contributed by atoms with Crippen LogP contribution in [0.3, 0.4) is 0 Å². The standard InChI is InChI=1S/C17H16F4N2O3S/c1-11(23(27(2,25)26)15-8-4-6-13(18)10-15)16(24)22-14-7-3-5-12(9-14)17(19,20)21/h3-11H,1-2H3,(H,22,24)/t11-/m1/s1. The summed E-state index contributed by atoms with van der Waals surface area (Å²) in [6.07, 6.45) is -3.75. The minimum atomic E-state index is -4.59. The molecule has 0 spiro atoms. The number of rotatable bonds is 5. The number of hydrogen-bond donors (Lipinski definition) is 1. The van der Waals surface area contributed by atoms with Crippen molar-refractivity contribution in [1.29, 1.82) is 0 Å². The molecule has 1 amide bonds. The molecule has 1 N–H and O–H groups in total. The Morgan fingerprint density at radius 3 is 2.30 bits per heavy atom. The van der Waals surface area contributed by atoms with Gasteiger partial charge < -0.3 is 5.32 Å². The monoisotopic (exact) mass is 404 g/mol. The summed E-state index contributed by atoms with van der Waals surface area (Å²) in [6.45, 7) is 1.24. The van der Waals surface area contributed by atoms with Gasteiger partial charge in [-0.05, 0) is 43.3 Å². The molecular weight excluding hydrogens is 388 g/mol. The Labute approximate surface area is 153 Å². The number of halogens is 4. The summed E-state index contributed by atoms with van der Waals surface area (Å²) in [5, 5.41) is 2.25. The van der Waals surface area contributed by atoms with Gasteiger partial charge in [0.1, 0.15) is 11.9 Å². The fraction of sp³-hybridized carbons (Fsp3) is 0.235. The zero-order chi connectivity index (χ0) is 20.4. The van der Waals surface area contributed by atoms with Gasteiger partial charge in [0.2, 0.25) is 15.9 Å². The van der Waals surface area contributed by atoms with Gasteiger partial charge in [-0.25, -0.2) is 12.8 Å². The van der Waals surface area contributed by atoms with Crippen LogP contribution < -0.4 is 9.62 Å². The Bertz CT molecular complexity index is 945. The third-order valence-corrected chi connectivity index (χ3v) is 4.85. The van der Waals surface area contributed by atoms with Crippen LogP contribution in [0.4, 0.5) is 28.9 Å². The lowest BCUT2D eigenvalue weighted by Gasteiger charge is -2.28. The first-order valence-electron chi connectivity index (χ1n) is 7.62. The van der Waals surface area contributed by atoms with E-state index in [2.05, 4.69) is 5.32 Å². The van der Waals surface area contributed by atoms with Crippen LogP contribution in [-0.2, 0) is 21.0 Å². The molecule has 10 heteroatoms. The number of hydrogen-bond acceptors (Lipinski definition) is 3. The molecule has 146 valence electrons. The van der Waals surface area contributed by atoms with Gasteiger partial charge in [0.25, 0.3) is 0 Å². The maximum absolute atomic E-state index is 13.5. The number of benzene rings is 2. The number of nitrogens with one attached hydrogen (secondary N) is 1. The summed E-state index contributed by atoms with van der Waals surface area (Å²) in [4.78, 5) is 12.4. The van der Waals surface area contributed by atoms with E-state index in [-0.39, 0.29) is 11.4 Å². The molecule has 0 saturated carbocycles. The van der Waals surface area contributed by atoms with E-state index in [1.807, 2.05) is 0 Å². The van der Waals surface area contributed by atoms with Gasteiger partial charge in [-0.2, -0.15) is 13.2 Å². The quantitative estimate of drug-likeness (QED) is 0.774. The van der Waals surface area contributed by atoms with Crippen molar-refractivity contribution in [2.75, 3.05) is 15.9 Å². The van der Waals surface area contributed by atoms with Crippen molar-refractivity contribution in [3.05, 3.63) is 59.9 Å². The molecule has 0 saturated heterocycles. The Kier molecular flexibility index (Phi) is 5.79. The molecule has 5 nitrogen and oxygen atoms in total. The van der Waals surface area contributed by atoms with E-state index >= 15 is 0 Å². The minimum absolute atomic E-state index is 0.0795. The second kappa shape index (κ2) is 7.55. The highest BCUT2D eigenvalue weighted by atomic mass is 32.2. The van der Waals surface area contributed by atoms with Crippen LogP contribution in [0, 0.1) is 5.82 Å². The summed E-state index contributed by atoms with van der Waals surface area (Å²) in [7, 11) is -3.98. The number of sulfonamides is 1. The highest BCUT2D eigenvalue weighted by Gasteiger charge is 2.32. The molecule has 0 aliphatic rings. The molecule has 0 heterocycles. The van der Waals surface area contributed by atoms with Gasteiger partial charge in [0.05, 0.1) is 17.5 Å². The predicted molar refractivity (Wildman–Crippen MR) is 93.3 cm³/mol. The molecule has 0 aliphatic heterocycles. The number of carbonyl (C=O) groups excluding carboxylic acids is 1. The average Bonchev–Trinajstić information content (AvgIpc) is 2.53. The highest BCUT2D eigenvalue weighted by molar-refractivity contribution is 7.92. The summed E-state index contributed by atoms with van der Waals surface area (Å²) in [5.41, 5.74) is -1.18. The van der Waals surface area contributed by atoms with Gasteiger partial charge in [-0.15, -0.1) is 0 Å². The lowest BCUT2D eigenvalue weighted by molar-refractivity contribution is -0.137. The second-order valence-electron chi connectivity index (χ2n) is 5.78. The summed E-state index contributed by atoms with van der Waals surface area (Å²) < 4.78 is 76.7. The second-order valence-corrected chi connectivity index (χ2v) is 7.64. The number of alkyl halides is 3. The van der Waals surface area contributed by atoms with Crippen LogP contribution in [0.5, 0.6) is 0 Å². The third-order valence-electron chi connectivity index (χ3n) is 3.61. The molecule has 0 bridgehead atoms.